The number of hydrogen-bond donors (Lipinski definition) is 2. The Morgan fingerprint density at radius 3 is 2.50 bits per heavy atom. The smallest absolute Gasteiger partial charge is 0.272 e. The Morgan fingerprint density at radius 1 is 1.23 bits per heavy atom. The van der Waals surface area contributed by atoms with Crippen molar-refractivity contribution in [2.45, 2.75) is 57.9 Å². The maximum Gasteiger partial charge on any atom is 0.272 e. The molecule has 0 radical (unpaired) electrons. The van der Waals surface area contributed by atoms with Crippen LogP contribution < -0.4 is 10.6 Å². The molecule has 2 aliphatic carbocycles. The zero-order valence-electron chi connectivity index (χ0n) is 13.1. The zero-order valence-corrected chi connectivity index (χ0v) is 13.1. The first-order valence-electron chi connectivity index (χ1n) is 8.04. The maximum atomic E-state index is 12.3. The van der Waals surface area contributed by atoms with Gasteiger partial charge in [0, 0.05) is 14.8 Å². The lowest BCUT2D eigenvalue weighted by Gasteiger charge is -2.26. The van der Waals surface area contributed by atoms with E-state index in [9.17, 15) is 9.59 Å². The van der Waals surface area contributed by atoms with E-state index in [-0.39, 0.29) is 32.5 Å². The summed E-state index contributed by atoms with van der Waals surface area (Å²) < 4.78 is 0. The molecular weight excluding hydrogens is 280 g/mol. The minimum atomic E-state index is -0.166. The molecule has 0 unspecified atom stereocenters. The molecule has 1 aromatic rings. The highest BCUT2D eigenvalue weighted by Gasteiger charge is 2.30. The fourth-order valence-corrected chi connectivity index (χ4v) is 2.46. The molecule has 0 bridgehead atoms. The second-order valence-electron chi connectivity index (χ2n) is 6.55. The molecule has 22 heavy (non-hydrogen) atoms. The summed E-state index contributed by atoms with van der Waals surface area (Å²) in [5, 5.41) is 13.8. The van der Waals surface area contributed by atoms with Crippen molar-refractivity contribution in [2.75, 3.05) is 5.32 Å². The highest BCUT2D eigenvalue weighted by Crippen LogP contribution is 2.30. The molecule has 3 rings (SSSR count). The van der Waals surface area contributed by atoms with Crippen LogP contribution in [0.4, 0.5) is 5.82 Å². The van der Waals surface area contributed by atoms with E-state index in [1.807, 2.05) is 13.8 Å². The lowest BCUT2D eigenvalue weighted by molar-refractivity contribution is -0.117. The number of anilines is 1. The molecule has 0 spiro atoms. The molecule has 0 atom stereocenters. The van der Waals surface area contributed by atoms with Crippen molar-refractivity contribution >= 4 is 17.6 Å². The SMILES string of the molecule is CC(C)c1cc(NC(=O)C2CC2)nnc1C(=O)NC1CCC1.[HH].[HH]. The maximum absolute atomic E-state index is 12.3. The van der Waals surface area contributed by atoms with Gasteiger partial charge in [-0.1, -0.05) is 13.8 Å². The second-order valence-corrected chi connectivity index (χ2v) is 6.55. The van der Waals surface area contributed by atoms with Gasteiger partial charge in [-0.2, -0.15) is 0 Å². The first-order chi connectivity index (χ1) is 10.5. The van der Waals surface area contributed by atoms with Gasteiger partial charge in [0.2, 0.25) is 5.91 Å². The quantitative estimate of drug-likeness (QED) is 0.876. The fourth-order valence-electron chi connectivity index (χ4n) is 2.46. The van der Waals surface area contributed by atoms with Gasteiger partial charge >= 0.3 is 0 Å². The van der Waals surface area contributed by atoms with Crippen LogP contribution in [0, 0.1) is 5.92 Å². The second kappa shape index (κ2) is 6.02. The minimum absolute atomic E-state index is 0. The monoisotopic (exact) mass is 306 g/mol. The summed E-state index contributed by atoms with van der Waals surface area (Å²) in [4.78, 5) is 24.1. The fraction of sp³-hybridized carbons (Fsp3) is 0.625. The van der Waals surface area contributed by atoms with Crippen molar-refractivity contribution < 1.29 is 12.4 Å². The van der Waals surface area contributed by atoms with Crippen molar-refractivity contribution in [3.05, 3.63) is 17.3 Å². The number of nitrogens with one attached hydrogen (secondary N) is 2. The average molecular weight is 306 g/mol. The van der Waals surface area contributed by atoms with Crippen molar-refractivity contribution in [1.82, 2.24) is 15.5 Å². The molecule has 2 saturated carbocycles. The van der Waals surface area contributed by atoms with Gasteiger partial charge in [-0.05, 0) is 49.7 Å². The molecule has 6 nitrogen and oxygen atoms in total. The van der Waals surface area contributed by atoms with E-state index in [0.717, 1.165) is 31.2 Å². The normalized spacial score (nSPS) is 18.0. The molecule has 2 amide bonds. The van der Waals surface area contributed by atoms with E-state index in [4.69, 9.17) is 0 Å². The predicted octanol–water partition coefficient (Wildman–Crippen LogP) is 2.72. The van der Waals surface area contributed by atoms with E-state index >= 15 is 0 Å². The lowest BCUT2D eigenvalue weighted by atomic mass is 9.92. The Bertz CT molecular complexity index is 602. The summed E-state index contributed by atoms with van der Waals surface area (Å²) in [7, 11) is 0. The molecule has 0 aromatic carbocycles. The highest BCUT2D eigenvalue weighted by atomic mass is 16.2. The molecule has 0 saturated heterocycles. The molecule has 6 heteroatoms. The van der Waals surface area contributed by atoms with E-state index < -0.39 is 0 Å². The van der Waals surface area contributed by atoms with Gasteiger partial charge in [0.25, 0.3) is 5.91 Å². The number of rotatable bonds is 5. The van der Waals surface area contributed by atoms with Crippen molar-refractivity contribution in [2.24, 2.45) is 5.92 Å². The Morgan fingerprint density at radius 2 is 1.95 bits per heavy atom. The first kappa shape index (κ1) is 14.9. The molecule has 2 fully saturated rings. The van der Waals surface area contributed by atoms with Gasteiger partial charge < -0.3 is 10.6 Å². The topological polar surface area (TPSA) is 84.0 Å². The van der Waals surface area contributed by atoms with Gasteiger partial charge in [0.15, 0.2) is 11.5 Å². The molecular formula is C16H26N4O2. The predicted molar refractivity (Wildman–Crippen MR) is 86.8 cm³/mol. The third kappa shape index (κ3) is 3.26. The van der Waals surface area contributed by atoms with Crippen LogP contribution in [0.2, 0.25) is 0 Å². The van der Waals surface area contributed by atoms with Crippen LogP contribution in [0.5, 0.6) is 0 Å². The van der Waals surface area contributed by atoms with Crippen molar-refractivity contribution in [1.29, 1.82) is 0 Å². The molecule has 0 aliphatic heterocycles. The van der Waals surface area contributed by atoms with E-state index in [0.29, 0.717) is 11.5 Å². The third-order valence-corrected chi connectivity index (χ3v) is 4.30. The van der Waals surface area contributed by atoms with Crippen LogP contribution >= 0.6 is 0 Å². The summed E-state index contributed by atoms with van der Waals surface area (Å²) in [6.45, 7) is 4.01. The van der Waals surface area contributed by atoms with Gasteiger partial charge in [-0.15, -0.1) is 10.2 Å². The summed E-state index contributed by atoms with van der Waals surface area (Å²) >= 11 is 0. The lowest BCUT2D eigenvalue weighted by Crippen LogP contribution is -2.40. The van der Waals surface area contributed by atoms with Crippen LogP contribution in [0.3, 0.4) is 0 Å². The number of nitrogens with zero attached hydrogens (tertiary/aromatic N) is 2. The largest absolute Gasteiger partial charge is 0.348 e. The van der Waals surface area contributed by atoms with Crippen LogP contribution in [-0.4, -0.2) is 28.1 Å². The molecule has 122 valence electrons. The van der Waals surface area contributed by atoms with Crippen LogP contribution in [0.1, 0.15) is 70.8 Å². The number of carbonyl (C=O) groups is 2. The van der Waals surface area contributed by atoms with Crippen LogP contribution in [-0.2, 0) is 4.79 Å². The minimum Gasteiger partial charge on any atom is -0.348 e. The van der Waals surface area contributed by atoms with E-state index in [1.165, 1.54) is 6.42 Å². The molecule has 1 heterocycles. The van der Waals surface area contributed by atoms with Gasteiger partial charge in [0.05, 0.1) is 0 Å². The molecule has 2 N–H and O–H groups in total. The molecule has 1 aromatic heterocycles. The summed E-state index contributed by atoms with van der Waals surface area (Å²) in [5.41, 5.74) is 1.18. The Balaban J connectivity index is 0.00000144. The summed E-state index contributed by atoms with van der Waals surface area (Å²) in [5.74, 6) is 0.512. The standard InChI is InChI=1S/C16H22N4O2.2H2/c1-9(2)12-8-13(18-15(21)10-6-7-10)19-20-14(12)16(22)17-11-4-3-5-11;;/h8-11H,3-7H2,1-2H3,(H,17,22)(H,18,19,21);2*1H. The highest BCUT2D eigenvalue weighted by molar-refractivity contribution is 5.95. The van der Waals surface area contributed by atoms with Crippen molar-refractivity contribution in [3.63, 3.8) is 0 Å². The molecule has 2 aliphatic rings. The number of carbonyl (C=O) groups excluding carboxylic acids is 2. The first-order valence-corrected chi connectivity index (χ1v) is 8.04. The zero-order chi connectivity index (χ0) is 15.7. The van der Waals surface area contributed by atoms with E-state index in [2.05, 4.69) is 20.8 Å². The van der Waals surface area contributed by atoms with Crippen LogP contribution in [0.15, 0.2) is 6.07 Å². The third-order valence-electron chi connectivity index (χ3n) is 4.30. The summed E-state index contributed by atoms with van der Waals surface area (Å²) in [6.07, 6.45) is 5.12. The van der Waals surface area contributed by atoms with Gasteiger partial charge in [-0.25, -0.2) is 0 Å². The Hall–Kier alpha value is -1.98. The Kier molecular flexibility index (Phi) is 4.09. The van der Waals surface area contributed by atoms with Gasteiger partial charge in [0.1, 0.15) is 0 Å². The Labute approximate surface area is 133 Å². The number of aromatic nitrogens is 2. The van der Waals surface area contributed by atoms with Gasteiger partial charge in [-0.3, -0.25) is 9.59 Å². The average Bonchev–Trinajstić information content (AvgIpc) is 3.27. The van der Waals surface area contributed by atoms with E-state index in [1.54, 1.807) is 6.07 Å². The summed E-state index contributed by atoms with van der Waals surface area (Å²) in [6, 6.07) is 2.04. The van der Waals surface area contributed by atoms with Crippen LogP contribution in [0.25, 0.3) is 0 Å². The van der Waals surface area contributed by atoms with Crippen molar-refractivity contribution in [3.8, 4) is 0 Å². The number of hydrogen-bond acceptors (Lipinski definition) is 4. The number of amides is 2.